The molecule has 5 aromatic rings. The number of pyridine rings is 1. The molecule has 0 aliphatic heterocycles. The maximum Gasteiger partial charge on any atom is 0.234 e. The Morgan fingerprint density at radius 1 is 1.12 bits per heavy atom. The second-order valence-corrected chi connectivity index (χ2v) is 7.29. The number of para-hydroxylation sites is 1. The van der Waals surface area contributed by atoms with E-state index in [1.807, 2.05) is 60.4 Å². The molecule has 9 nitrogen and oxygen atoms in total. The molecule has 0 spiro atoms. The number of aryl methyl sites for hydroxylation is 1. The van der Waals surface area contributed by atoms with Gasteiger partial charge in [-0.3, -0.25) is 5.10 Å². The summed E-state index contributed by atoms with van der Waals surface area (Å²) in [4.78, 5) is 15.2. The third-order valence-corrected chi connectivity index (χ3v) is 5.24. The number of benzene rings is 2. The van der Waals surface area contributed by atoms with Crippen molar-refractivity contribution >= 4 is 39.1 Å². The minimum absolute atomic E-state index is 0.0514. The first-order valence-electron chi connectivity index (χ1n) is 10.1. The topological polar surface area (TPSA) is 126 Å². The Balaban J connectivity index is 1.71. The van der Waals surface area contributed by atoms with Gasteiger partial charge in [0.25, 0.3) is 0 Å². The standard InChI is InChI=1S/C23H21N7O2/c1-14-7-8-17-16(12-27-29-17)21(14)32-23-20-18(25-13-26-22(20)24)11-19(28-23)30(9-10-31)15-5-3-2-4-6-15/h2-8,11-13,31H,9-10H2,1H3,(H,27,29)(H2,24,25,26). The fourth-order valence-corrected chi connectivity index (χ4v) is 3.69. The molecule has 3 heterocycles. The second kappa shape index (κ2) is 8.12. The number of hydrogen-bond donors (Lipinski definition) is 3. The van der Waals surface area contributed by atoms with Crippen LogP contribution in [0, 0.1) is 6.92 Å². The van der Waals surface area contributed by atoms with Gasteiger partial charge in [0.15, 0.2) is 0 Å². The summed E-state index contributed by atoms with van der Waals surface area (Å²) in [5, 5.41) is 18.1. The Hall–Kier alpha value is -4.24. The van der Waals surface area contributed by atoms with Crippen LogP contribution in [-0.2, 0) is 0 Å². The van der Waals surface area contributed by atoms with Gasteiger partial charge in [-0.05, 0) is 30.7 Å². The number of aliphatic hydroxyl groups excluding tert-OH is 1. The van der Waals surface area contributed by atoms with E-state index in [9.17, 15) is 5.11 Å². The number of hydrogen-bond acceptors (Lipinski definition) is 8. The normalized spacial score (nSPS) is 11.2. The molecular weight excluding hydrogens is 406 g/mol. The number of anilines is 3. The lowest BCUT2D eigenvalue weighted by molar-refractivity contribution is 0.305. The van der Waals surface area contributed by atoms with Gasteiger partial charge in [-0.2, -0.15) is 10.1 Å². The highest BCUT2D eigenvalue weighted by Crippen LogP contribution is 2.38. The number of nitrogens with one attached hydrogen (secondary N) is 1. The predicted octanol–water partition coefficient (Wildman–Crippen LogP) is 3.71. The third-order valence-electron chi connectivity index (χ3n) is 5.24. The van der Waals surface area contributed by atoms with E-state index < -0.39 is 0 Å². The first kappa shape index (κ1) is 19.7. The highest BCUT2D eigenvalue weighted by Gasteiger charge is 2.19. The number of ether oxygens (including phenoxy) is 1. The van der Waals surface area contributed by atoms with E-state index in [0.717, 1.165) is 22.2 Å². The van der Waals surface area contributed by atoms with Crippen molar-refractivity contribution in [3.8, 4) is 11.6 Å². The minimum Gasteiger partial charge on any atom is -0.437 e. The van der Waals surface area contributed by atoms with Crippen LogP contribution in [0.2, 0.25) is 0 Å². The lowest BCUT2D eigenvalue weighted by Crippen LogP contribution is -2.22. The number of H-pyrrole nitrogens is 1. The summed E-state index contributed by atoms with van der Waals surface area (Å²) < 4.78 is 6.36. The van der Waals surface area contributed by atoms with Crippen molar-refractivity contribution in [2.45, 2.75) is 6.92 Å². The Kier molecular flexibility index (Phi) is 5.00. The number of nitrogen functional groups attached to an aromatic ring is 1. The van der Waals surface area contributed by atoms with Gasteiger partial charge in [0.2, 0.25) is 5.88 Å². The van der Waals surface area contributed by atoms with Gasteiger partial charge in [-0.1, -0.05) is 24.3 Å². The van der Waals surface area contributed by atoms with E-state index >= 15 is 0 Å². The first-order chi connectivity index (χ1) is 15.7. The molecule has 32 heavy (non-hydrogen) atoms. The number of nitrogens with two attached hydrogens (primary N) is 1. The van der Waals surface area contributed by atoms with Crippen LogP contribution >= 0.6 is 0 Å². The van der Waals surface area contributed by atoms with Crippen LogP contribution < -0.4 is 15.4 Å². The van der Waals surface area contributed by atoms with Crippen LogP contribution in [0.3, 0.4) is 0 Å². The Labute approximate surface area is 183 Å². The van der Waals surface area contributed by atoms with E-state index in [4.69, 9.17) is 15.5 Å². The molecule has 0 aliphatic rings. The first-order valence-corrected chi connectivity index (χ1v) is 10.1. The third kappa shape index (κ3) is 3.44. The van der Waals surface area contributed by atoms with Crippen molar-refractivity contribution in [1.29, 1.82) is 0 Å². The fourth-order valence-electron chi connectivity index (χ4n) is 3.69. The Bertz CT molecular complexity index is 1400. The van der Waals surface area contributed by atoms with Gasteiger partial charge in [-0.15, -0.1) is 0 Å². The van der Waals surface area contributed by atoms with Crippen molar-refractivity contribution in [3.63, 3.8) is 0 Å². The smallest absolute Gasteiger partial charge is 0.234 e. The van der Waals surface area contributed by atoms with Gasteiger partial charge in [0, 0.05) is 18.3 Å². The molecule has 0 saturated carbocycles. The van der Waals surface area contributed by atoms with Gasteiger partial charge < -0.3 is 20.5 Å². The molecule has 160 valence electrons. The second-order valence-electron chi connectivity index (χ2n) is 7.29. The van der Waals surface area contributed by atoms with E-state index in [1.165, 1.54) is 6.33 Å². The molecule has 3 aromatic heterocycles. The van der Waals surface area contributed by atoms with Gasteiger partial charge >= 0.3 is 0 Å². The van der Waals surface area contributed by atoms with Crippen LogP contribution in [0.5, 0.6) is 11.6 Å². The van der Waals surface area contributed by atoms with E-state index in [-0.39, 0.29) is 18.3 Å². The molecule has 0 bridgehead atoms. The maximum atomic E-state index is 9.70. The molecule has 0 fully saturated rings. The van der Waals surface area contributed by atoms with Crippen LogP contribution in [0.4, 0.5) is 17.3 Å². The van der Waals surface area contributed by atoms with Gasteiger partial charge in [0.05, 0.1) is 29.2 Å². The molecule has 2 aromatic carbocycles. The number of aromatic amines is 1. The zero-order valence-electron chi connectivity index (χ0n) is 17.4. The largest absolute Gasteiger partial charge is 0.437 e. The highest BCUT2D eigenvalue weighted by molar-refractivity contribution is 5.95. The predicted molar refractivity (Wildman–Crippen MR) is 123 cm³/mol. The summed E-state index contributed by atoms with van der Waals surface area (Å²) in [7, 11) is 0. The summed E-state index contributed by atoms with van der Waals surface area (Å²) in [6.45, 7) is 2.25. The van der Waals surface area contributed by atoms with Crippen LogP contribution in [-0.4, -0.2) is 43.4 Å². The lowest BCUT2D eigenvalue weighted by Gasteiger charge is -2.24. The monoisotopic (exact) mass is 427 g/mol. The summed E-state index contributed by atoms with van der Waals surface area (Å²) >= 11 is 0. The molecule has 0 atom stereocenters. The van der Waals surface area contributed by atoms with Crippen LogP contribution in [0.25, 0.3) is 21.8 Å². The maximum absolute atomic E-state index is 9.70. The molecule has 0 radical (unpaired) electrons. The van der Waals surface area contributed by atoms with Gasteiger partial charge in [-0.25, -0.2) is 9.97 Å². The van der Waals surface area contributed by atoms with Crippen LogP contribution in [0.15, 0.2) is 61.1 Å². The average molecular weight is 427 g/mol. The summed E-state index contributed by atoms with van der Waals surface area (Å²) in [6, 6.07) is 15.4. The molecule has 4 N–H and O–H groups in total. The zero-order chi connectivity index (χ0) is 22.1. The Morgan fingerprint density at radius 2 is 1.97 bits per heavy atom. The molecule has 9 heteroatoms. The zero-order valence-corrected chi connectivity index (χ0v) is 17.4. The highest BCUT2D eigenvalue weighted by atomic mass is 16.5. The van der Waals surface area contributed by atoms with Crippen molar-refractivity contribution in [2.75, 3.05) is 23.8 Å². The van der Waals surface area contributed by atoms with Crippen molar-refractivity contribution in [3.05, 3.63) is 66.6 Å². The van der Waals surface area contributed by atoms with E-state index in [0.29, 0.717) is 29.0 Å². The number of nitrogens with zero attached hydrogens (tertiary/aromatic N) is 5. The van der Waals surface area contributed by atoms with Crippen LogP contribution in [0.1, 0.15) is 5.56 Å². The summed E-state index contributed by atoms with van der Waals surface area (Å²) in [5.74, 6) is 1.75. The molecule has 0 saturated heterocycles. The minimum atomic E-state index is -0.0514. The lowest BCUT2D eigenvalue weighted by atomic mass is 10.1. The molecule has 0 amide bonds. The van der Waals surface area contributed by atoms with E-state index in [2.05, 4.69) is 20.2 Å². The SMILES string of the molecule is Cc1ccc2[nH]ncc2c1Oc1nc(N(CCO)c2ccccc2)cc2ncnc(N)c12. The summed E-state index contributed by atoms with van der Waals surface area (Å²) in [5.41, 5.74) is 9.44. The van der Waals surface area contributed by atoms with E-state index in [1.54, 1.807) is 6.20 Å². The fraction of sp³-hybridized carbons (Fsp3) is 0.130. The summed E-state index contributed by atoms with van der Waals surface area (Å²) in [6.07, 6.45) is 3.12. The van der Waals surface area contributed by atoms with Crippen molar-refractivity contribution < 1.29 is 9.84 Å². The average Bonchev–Trinajstić information content (AvgIpc) is 3.29. The molecule has 5 rings (SSSR count). The number of rotatable bonds is 6. The van der Waals surface area contributed by atoms with Gasteiger partial charge in [0.1, 0.15) is 29.1 Å². The molecular formula is C23H21N7O2. The molecule has 0 unspecified atom stereocenters. The number of aromatic nitrogens is 5. The number of fused-ring (bicyclic) bond motifs is 2. The number of aliphatic hydroxyl groups is 1. The van der Waals surface area contributed by atoms with Crippen molar-refractivity contribution in [2.24, 2.45) is 0 Å². The molecule has 0 aliphatic carbocycles. The quantitative estimate of drug-likeness (QED) is 0.374. The Morgan fingerprint density at radius 3 is 2.78 bits per heavy atom. The van der Waals surface area contributed by atoms with Crippen molar-refractivity contribution in [1.82, 2.24) is 25.1 Å².